The highest BCUT2D eigenvalue weighted by Gasteiger charge is 1.99. The van der Waals surface area contributed by atoms with Crippen LogP contribution < -0.4 is 0 Å². The molecule has 0 unspecified atom stereocenters. The van der Waals surface area contributed by atoms with Crippen molar-refractivity contribution in [3.8, 4) is 0 Å². The number of rotatable bonds is 3. The Kier molecular flexibility index (Phi) is 6.75. The average Bonchev–Trinajstić information content (AvgIpc) is 1.84. The van der Waals surface area contributed by atoms with E-state index >= 15 is 0 Å². The highest BCUT2D eigenvalue weighted by molar-refractivity contribution is 7.88. The van der Waals surface area contributed by atoms with Gasteiger partial charge >= 0.3 is 0 Å². The third-order valence-electron chi connectivity index (χ3n) is 0.887. The van der Waals surface area contributed by atoms with E-state index in [1.54, 1.807) is 0 Å². The van der Waals surface area contributed by atoms with Crippen molar-refractivity contribution < 1.29 is 17.5 Å². The average molecular weight is 208 g/mol. The topological polar surface area (TPSA) is 54.4 Å². The Morgan fingerprint density at radius 2 is 1.62 bits per heavy atom. The quantitative estimate of drug-likeness (QED) is 0.426. The molecule has 4 nitrogen and oxygen atoms in total. The van der Waals surface area contributed by atoms with Crippen LogP contribution in [0, 0.1) is 0 Å². The van der Waals surface area contributed by atoms with E-state index in [1.807, 2.05) is 6.08 Å². The second kappa shape index (κ2) is 5.90. The molecule has 0 rings (SSSR count). The summed E-state index contributed by atoms with van der Waals surface area (Å²) in [6.07, 6.45) is 1.93. The molecule has 0 aliphatic rings. The molecule has 0 spiro atoms. The highest BCUT2D eigenvalue weighted by atomic mass is 32.2. The molecule has 0 aromatic carbocycles. The molecule has 0 aromatic heterocycles. The molecule has 0 saturated heterocycles. The van der Waals surface area contributed by atoms with Gasteiger partial charge in [0.05, 0.1) is 33.1 Å². The van der Waals surface area contributed by atoms with Gasteiger partial charge in [-0.3, -0.25) is 4.55 Å². The summed E-state index contributed by atoms with van der Waals surface area (Å²) in [5, 5.41) is 0.465. The molecule has 13 heavy (non-hydrogen) atoms. The van der Waals surface area contributed by atoms with E-state index in [4.69, 9.17) is 4.55 Å². The van der Waals surface area contributed by atoms with Gasteiger partial charge in [-0.15, -0.1) is 0 Å². The fourth-order valence-corrected chi connectivity index (χ4v) is 0.387. The Balaban J connectivity index is 0. The molecule has 0 atom stereocenters. The molecular weight excluding hydrogens is 190 g/mol. The monoisotopic (exact) mass is 208 g/mol. The lowest BCUT2D eigenvalue weighted by molar-refractivity contribution is -0.864. The predicted molar refractivity (Wildman–Crippen MR) is 54.8 cm³/mol. The minimum Gasteiger partial charge on any atom is -0.328 e. The Labute approximate surface area is 80.5 Å². The van der Waals surface area contributed by atoms with Crippen LogP contribution in [-0.2, 0) is 10.1 Å². The molecule has 1 N–H and O–H groups in total. The van der Waals surface area contributed by atoms with Crippen LogP contribution in [0.25, 0.3) is 0 Å². The second-order valence-electron chi connectivity index (χ2n) is 3.44. The van der Waals surface area contributed by atoms with Crippen molar-refractivity contribution in [3.63, 3.8) is 0 Å². The summed E-state index contributed by atoms with van der Waals surface area (Å²) in [6.45, 7) is 7.47. The van der Waals surface area contributed by atoms with Gasteiger partial charge in [-0.05, 0) is 6.08 Å². The molecular formula is C8H18NO3S+. The Morgan fingerprint density at radius 3 is 1.62 bits per heavy atom. The molecule has 0 fully saturated rings. The van der Waals surface area contributed by atoms with Crippen LogP contribution in [0.2, 0.25) is 0 Å². The Hall–Kier alpha value is -0.650. The number of nitrogens with zero attached hydrogens (tertiary/aromatic N) is 1. The lowest BCUT2D eigenvalue weighted by Crippen LogP contribution is -2.33. The predicted octanol–water partition coefficient (Wildman–Crippen LogP) is 0.896. The molecule has 0 saturated carbocycles. The first kappa shape index (κ1) is 14.9. The largest absolute Gasteiger partial charge is 0.328 e. The maximum atomic E-state index is 9.44. The summed E-state index contributed by atoms with van der Waals surface area (Å²) >= 11 is 0. The standard InChI is InChI=1S/C6H14N.C2H4O3S/c1-5-6-7(2,3)4;1-2-6(3,4)5/h5H,1,6H2,2-4H3;2H,1H2,(H,3,4,5)/q+1;. The molecule has 78 valence electrons. The zero-order valence-electron chi connectivity index (χ0n) is 8.40. The van der Waals surface area contributed by atoms with E-state index in [0.29, 0.717) is 5.41 Å². The number of likely N-dealkylation sites (N-methyl/N-ethyl adjacent to an activating group) is 1. The normalized spacial score (nSPS) is 11.1. The van der Waals surface area contributed by atoms with Gasteiger partial charge in [-0.1, -0.05) is 13.2 Å². The fourth-order valence-electron chi connectivity index (χ4n) is 0.387. The first-order valence-corrected chi connectivity index (χ1v) is 5.14. The van der Waals surface area contributed by atoms with Crippen molar-refractivity contribution in [2.75, 3.05) is 27.7 Å². The molecule has 0 heterocycles. The van der Waals surface area contributed by atoms with Gasteiger partial charge in [0.2, 0.25) is 0 Å². The van der Waals surface area contributed by atoms with Gasteiger partial charge < -0.3 is 4.48 Å². The number of hydrogen-bond donors (Lipinski definition) is 1. The third kappa shape index (κ3) is 24.6. The smallest absolute Gasteiger partial charge is 0.287 e. The van der Waals surface area contributed by atoms with Crippen LogP contribution in [0.1, 0.15) is 0 Å². The maximum absolute atomic E-state index is 9.44. The van der Waals surface area contributed by atoms with Crippen LogP contribution in [0.15, 0.2) is 24.6 Å². The molecule has 0 aromatic rings. The van der Waals surface area contributed by atoms with E-state index < -0.39 is 10.1 Å². The molecule has 0 aliphatic carbocycles. The van der Waals surface area contributed by atoms with Crippen LogP contribution in [-0.4, -0.2) is 45.1 Å². The molecule has 0 bridgehead atoms. The highest BCUT2D eigenvalue weighted by Crippen LogP contribution is 1.86. The van der Waals surface area contributed by atoms with E-state index in [0.717, 1.165) is 11.0 Å². The minimum atomic E-state index is -3.90. The summed E-state index contributed by atoms with van der Waals surface area (Å²) in [6, 6.07) is 0. The molecule has 0 radical (unpaired) electrons. The summed E-state index contributed by atoms with van der Waals surface area (Å²) in [7, 11) is 2.52. The van der Waals surface area contributed by atoms with Crippen molar-refractivity contribution in [3.05, 3.63) is 24.6 Å². The van der Waals surface area contributed by atoms with Gasteiger partial charge in [-0.25, -0.2) is 0 Å². The van der Waals surface area contributed by atoms with E-state index in [2.05, 4.69) is 34.3 Å². The summed E-state index contributed by atoms with van der Waals surface area (Å²) in [4.78, 5) is 0. The fraction of sp³-hybridized carbons (Fsp3) is 0.500. The van der Waals surface area contributed by atoms with Gasteiger partial charge in [0, 0.05) is 0 Å². The van der Waals surface area contributed by atoms with Gasteiger partial charge in [0.1, 0.15) is 0 Å². The molecule has 0 amide bonds. The van der Waals surface area contributed by atoms with Crippen molar-refractivity contribution in [1.29, 1.82) is 0 Å². The summed E-state index contributed by atoms with van der Waals surface area (Å²) in [5.74, 6) is 0. The number of hydrogen-bond acceptors (Lipinski definition) is 2. The lowest BCUT2D eigenvalue weighted by atomic mass is 10.5. The van der Waals surface area contributed by atoms with Crippen LogP contribution in [0.5, 0.6) is 0 Å². The minimum absolute atomic E-state index is 0.465. The second-order valence-corrected chi connectivity index (χ2v) is 4.81. The third-order valence-corrected chi connectivity index (χ3v) is 1.31. The van der Waals surface area contributed by atoms with Crippen molar-refractivity contribution >= 4 is 10.1 Å². The van der Waals surface area contributed by atoms with Crippen molar-refractivity contribution in [2.24, 2.45) is 0 Å². The van der Waals surface area contributed by atoms with Crippen molar-refractivity contribution in [1.82, 2.24) is 0 Å². The maximum Gasteiger partial charge on any atom is 0.287 e. The van der Waals surface area contributed by atoms with E-state index in [-0.39, 0.29) is 0 Å². The van der Waals surface area contributed by atoms with Gasteiger partial charge in [-0.2, -0.15) is 8.42 Å². The Morgan fingerprint density at radius 1 is 1.31 bits per heavy atom. The van der Waals surface area contributed by atoms with Crippen molar-refractivity contribution in [2.45, 2.75) is 0 Å². The summed E-state index contributed by atoms with van der Waals surface area (Å²) < 4.78 is 27.5. The SMILES string of the molecule is C=CC[N+](C)(C)C.C=CS(=O)(=O)O. The van der Waals surface area contributed by atoms with Crippen LogP contribution >= 0.6 is 0 Å². The molecule has 5 heteroatoms. The first-order chi connectivity index (χ1) is 5.62. The zero-order valence-corrected chi connectivity index (χ0v) is 9.21. The lowest BCUT2D eigenvalue weighted by Gasteiger charge is -2.21. The summed E-state index contributed by atoms with van der Waals surface area (Å²) in [5.41, 5.74) is 0. The van der Waals surface area contributed by atoms with E-state index in [9.17, 15) is 8.42 Å². The Bertz CT molecular complexity index is 237. The van der Waals surface area contributed by atoms with Crippen LogP contribution in [0.3, 0.4) is 0 Å². The zero-order chi connectivity index (χ0) is 11.1. The van der Waals surface area contributed by atoms with Gasteiger partial charge in [0.25, 0.3) is 10.1 Å². The van der Waals surface area contributed by atoms with Crippen LogP contribution in [0.4, 0.5) is 0 Å². The van der Waals surface area contributed by atoms with Gasteiger partial charge in [0.15, 0.2) is 0 Å². The molecule has 0 aliphatic heterocycles. The number of quaternary nitrogens is 1. The van der Waals surface area contributed by atoms with E-state index in [1.165, 1.54) is 0 Å². The first-order valence-electron chi connectivity index (χ1n) is 3.63.